The van der Waals surface area contributed by atoms with Gasteiger partial charge in [-0.05, 0) is 49.7 Å². The van der Waals surface area contributed by atoms with Gasteiger partial charge in [-0.1, -0.05) is 42.5 Å². The van der Waals surface area contributed by atoms with Crippen LogP contribution in [0.5, 0.6) is 5.75 Å². The zero-order chi connectivity index (χ0) is 16.8. The minimum absolute atomic E-state index is 0.239. The molecule has 24 heavy (non-hydrogen) atoms. The van der Waals surface area contributed by atoms with E-state index in [0.29, 0.717) is 18.8 Å². The van der Waals surface area contributed by atoms with Gasteiger partial charge in [0.15, 0.2) is 0 Å². The summed E-state index contributed by atoms with van der Waals surface area (Å²) in [4.78, 5) is 14.5. The van der Waals surface area contributed by atoms with Crippen LogP contribution < -0.4 is 4.74 Å². The second-order valence-electron chi connectivity index (χ2n) is 6.63. The van der Waals surface area contributed by atoms with E-state index in [1.165, 1.54) is 5.56 Å². The van der Waals surface area contributed by atoms with Gasteiger partial charge in [0.1, 0.15) is 18.1 Å². The van der Waals surface area contributed by atoms with Crippen LogP contribution in [0.3, 0.4) is 0 Å². The fraction of sp³-hybridized carbons (Fsp3) is 0.381. The number of carbonyl (C=O) groups is 1. The molecule has 2 aromatic carbocycles. The molecule has 1 saturated heterocycles. The van der Waals surface area contributed by atoms with E-state index in [1.807, 2.05) is 30.3 Å². The van der Waals surface area contributed by atoms with Crippen LogP contribution in [0.15, 0.2) is 54.6 Å². The van der Waals surface area contributed by atoms with Crippen molar-refractivity contribution in [1.82, 2.24) is 4.90 Å². The smallest absolute Gasteiger partial charge is 0.137 e. The molecule has 0 aliphatic carbocycles. The lowest BCUT2D eigenvalue weighted by Crippen LogP contribution is -2.19. The lowest BCUT2D eigenvalue weighted by Gasteiger charge is -2.10. The second-order valence-corrected chi connectivity index (χ2v) is 6.63. The van der Waals surface area contributed by atoms with Crippen molar-refractivity contribution in [2.45, 2.75) is 25.9 Å². The van der Waals surface area contributed by atoms with E-state index < -0.39 is 0 Å². The summed E-state index contributed by atoms with van der Waals surface area (Å²) in [6.45, 7) is 2.54. The lowest BCUT2D eigenvalue weighted by molar-refractivity contribution is -0.122. The maximum atomic E-state index is 12.2. The maximum absolute atomic E-state index is 12.2. The molecule has 2 aromatic rings. The molecule has 0 amide bonds. The topological polar surface area (TPSA) is 29.5 Å². The van der Waals surface area contributed by atoms with Crippen molar-refractivity contribution in [3.05, 3.63) is 65.7 Å². The van der Waals surface area contributed by atoms with Crippen molar-refractivity contribution in [1.29, 1.82) is 0 Å². The van der Waals surface area contributed by atoms with E-state index >= 15 is 0 Å². The third-order valence-electron chi connectivity index (χ3n) is 4.68. The van der Waals surface area contributed by atoms with Gasteiger partial charge >= 0.3 is 0 Å². The third kappa shape index (κ3) is 4.68. The highest BCUT2D eigenvalue weighted by molar-refractivity contribution is 5.81. The average molecular weight is 323 g/mol. The van der Waals surface area contributed by atoms with E-state index in [4.69, 9.17) is 4.74 Å². The molecule has 1 unspecified atom stereocenters. The molecular weight excluding hydrogens is 298 g/mol. The molecule has 3 nitrogen and oxygen atoms in total. The van der Waals surface area contributed by atoms with Gasteiger partial charge in [-0.25, -0.2) is 0 Å². The summed E-state index contributed by atoms with van der Waals surface area (Å²) in [5.74, 6) is 1.51. The fourth-order valence-electron chi connectivity index (χ4n) is 3.16. The number of hydrogen-bond donors (Lipinski definition) is 0. The highest BCUT2D eigenvalue weighted by Gasteiger charge is 2.25. The molecule has 1 aliphatic rings. The van der Waals surface area contributed by atoms with Gasteiger partial charge in [0.25, 0.3) is 0 Å². The molecule has 0 radical (unpaired) electrons. The summed E-state index contributed by atoms with van der Waals surface area (Å²) >= 11 is 0. The van der Waals surface area contributed by atoms with Crippen molar-refractivity contribution in [2.24, 2.45) is 5.92 Å². The van der Waals surface area contributed by atoms with Crippen LogP contribution in [-0.4, -0.2) is 30.8 Å². The van der Waals surface area contributed by atoms with E-state index in [-0.39, 0.29) is 5.92 Å². The van der Waals surface area contributed by atoms with Crippen molar-refractivity contribution in [3.63, 3.8) is 0 Å². The lowest BCUT2D eigenvalue weighted by atomic mass is 9.97. The van der Waals surface area contributed by atoms with Gasteiger partial charge < -0.3 is 9.64 Å². The van der Waals surface area contributed by atoms with Crippen LogP contribution in [0.1, 0.15) is 24.0 Å². The molecule has 1 atom stereocenters. The number of ketones is 1. The number of benzene rings is 2. The predicted molar refractivity (Wildman–Crippen MR) is 96.1 cm³/mol. The molecule has 0 saturated carbocycles. The molecule has 1 heterocycles. The Kier molecular flexibility index (Phi) is 5.65. The highest BCUT2D eigenvalue weighted by Crippen LogP contribution is 2.19. The van der Waals surface area contributed by atoms with Crippen molar-refractivity contribution in [3.8, 4) is 5.75 Å². The molecule has 0 N–H and O–H groups in total. The van der Waals surface area contributed by atoms with Gasteiger partial charge in [0.05, 0.1) is 0 Å². The van der Waals surface area contributed by atoms with Gasteiger partial charge in [-0.2, -0.15) is 0 Å². The molecule has 3 rings (SSSR count). The third-order valence-corrected chi connectivity index (χ3v) is 4.68. The first-order valence-electron chi connectivity index (χ1n) is 8.67. The SMILES string of the molecule is CN1CCC(C(=O)CCc2ccc(OCc3ccccc3)cc2)C1. The van der Waals surface area contributed by atoms with Gasteiger partial charge in [0, 0.05) is 18.9 Å². The number of nitrogens with zero attached hydrogens (tertiary/aromatic N) is 1. The summed E-state index contributed by atoms with van der Waals surface area (Å²) in [5.41, 5.74) is 2.36. The summed E-state index contributed by atoms with van der Waals surface area (Å²) in [6, 6.07) is 18.3. The van der Waals surface area contributed by atoms with E-state index in [0.717, 1.165) is 37.2 Å². The number of aryl methyl sites for hydroxylation is 1. The van der Waals surface area contributed by atoms with E-state index in [9.17, 15) is 4.79 Å². The largest absolute Gasteiger partial charge is 0.489 e. The summed E-state index contributed by atoms with van der Waals surface area (Å²) in [6.07, 6.45) is 2.47. The Morgan fingerprint density at radius 3 is 2.50 bits per heavy atom. The second kappa shape index (κ2) is 8.11. The zero-order valence-electron chi connectivity index (χ0n) is 14.3. The van der Waals surface area contributed by atoms with Gasteiger partial charge in [0.2, 0.25) is 0 Å². The number of carbonyl (C=O) groups excluding carboxylic acids is 1. The average Bonchev–Trinajstić information content (AvgIpc) is 3.06. The zero-order valence-corrected chi connectivity index (χ0v) is 14.3. The Balaban J connectivity index is 1.45. The Hall–Kier alpha value is -2.13. The first-order valence-corrected chi connectivity index (χ1v) is 8.67. The Bertz CT molecular complexity index is 651. The Morgan fingerprint density at radius 1 is 1.08 bits per heavy atom. The number of hydrogen-bond acceptors (Lipinski definition) is 3. The summed E-state index contributed by atoms with van der Waals surface area (Å²) in [5, 5.41) is 0. The molecule has 0 aromatic heterocycles. The maximum Gasteiger partial charge on any atom is 0.137 e. The van der Waals surface area contributed by atoms with Crippen molar-refractivity contribution < 1.29 is 9.53 Å². The van der Waals surface area contributed by atoms with Crippen LogP contribution in [0.4, 0.5) is 0 Å². The van der Waals surface area contributed by atoms with Gasteiger partial charge in [-0.3, -0.25) is 4.79 Å². The van der Waals surface area contributed by atoms with E-state index in [1.54, 1.807) is 0 Å². The van der Waals surface area contributed by atoms with Crippen molar-refractivity contribution >= 4 is 5.78 Å². The number of likely N-dealkylation sites (tertiary alicyclic amines) is 1. The number of rotatable bonds is 7. The first kappa shape index (κ1) is 16.7. The van der Waals surface area contributed by atoms with Crippen LogP contribution in [0, 0.1) is 5.92 Å². The quantitative estimate of drug-likeness (QED) is 0.778. The molecule has 1 fully saturated rings. The molecule has 3 heteroatoms. The predicted octanol–water partition coefficient (Wildman–Crippen LogP) is 3.72. The van der Waals surface area contributed by atoms with E-state index in [2.05, 4.69) is 36.2 Å². The van der Waals surface area contributed by atoms with Crippen LogP contribution in [0.25, 0.3) is 0 Å². The van der Waals surface area contributed by atoms with Crippen LogP contribution in [-0.2, 0) is 17.8 Å². The number of ether oxygens (including phenoxy) is 1. The molecule has 1 aliphatic heterocycles. The van der Waals surface area contributed by atoms with Crippen LogP contribution >= 0.6 is 0 Å². The molecule has 126 valence electrons. The van der Waals surface area contributed by atoms with Crippen LogP contribution in [0.2, 0.25) is 0 Å². The monoisotopic (exact) mass is 323 g/mol. The standard InChI is InChI=1S/C21H25NO2/c1-22-14-13-19(15-22)21(23)12-9-17-7-10-20(11-8-17)24-16-18-5-3-2-4-6-18/h2-8,10-11,19H,9,12-16H2,1H3. The normalized spacial score (nSPS) is 17.8. The number of Topliss-reactive ketones (excluding diaryl/α,β-unsaturated/α-hetero) is 1. The molecular formula is C21H25NO2. The minimum Gasteiger partial charge on any atom is -0.489 e. The Morgan fingerprint density at radius 2 is 1.83 bits per heavy atom. The van der Waals surface area contributed by atoms with Gasteiger partial charge in [-0.15, -0.1) is 0 Å². The summed E-state index contributed by atoms with van der Waals surface area (Å²) in [7, 11) is 2.08. The van der Waals surface area contributed by atoms with Crippen molar-refractivity contribution in [2.75, 3.05) is 20.1 Å². The fourth-order valence-corrected chi connectivity index (χ4v) is 3.16. The minimum atomic E-state index is 0.239. The summed E-state index contributed by atoms with van der Waals surface area (Å²) < 4.78 is 5.79. The Labute approximate surface area is 144 Å². The first-order chi connectivity index (χ1) is 11.7. The highest BCUT2D eigenvalue weighted by atomic mass is 16.5. The molecule has 0 spiro atoms. The molecule has 0 bridgehead atoms.